The van der Waals surface area contributed by atoms with E-state index in [0.717, 1.165) is 5.57 Å². The van der Waals surface area contributed by atoms with Crippen LogP contribution >= 0.6 is 0 Å². The molecule has 0 spiro atoms. The Kier molecular flexibility index (Phi) is 3.82. The minimum atomic E-state index is -1.92. The first-order valence-electron chi connectivity index (χ1n) is 4.59. The molecule has 0 aromatic heterocycles. The van der Waals surface area contributed by atoms with Crippen LogP contribution in [0.3, 0.4) is 0 Å². The molecule has 0 saturated carbocycles. The van der Waals surface area contributed by atoms with Gasteiger partial charge in [-0.15, -0.1) is 0 Å². The number of rotatable bonds is 3. The van der Waals surface area contributed by atoms with Crippen LogP contribution < -0.4 is 0 Å². The molecule has 14 heavy (non-hydrogen) atoms. The molecule has 0 radical (unpaired) electrons. The van der Waals surface area contributed by atoms with Crippen LogP contribution in [0.15, 0.2) is 18.8 Å². The normalized spacial score (nSPS) is 15.1. The van der Waals surface area contributed by atoms with Gasteiger partial charge in [0.1, 0.15) is 0 Å². The molecule has 1 aliphatic heterocycles. The Morgan fingerprint density at radius 3 is 2.71 bits per heavy atom. The number of nitriles is 1. The monoisotopic (exact) mass is 293 g/mol. The molecule has 0 unspecified atom stereocenters. The van der Waals surface area contributed by atoms with Crippen molar-refractivity contribution in [1.29, 1.82) is 5.26 Å². The average Bonchev–Trinajstić information content (AvgIpc) is 2.49. The number of carboxylic acids is 1. The average molecular weight is 293 g/mol. The molecule has 0 aromatic rings. The predicted molar refractivity (Wildman–Crippen MR) is 54.9 cm³/mol. The summed E-state index contributed by atoms with van der Waals surface area (Å²) in [7, 11) is 0. The van der Waals surface area contributed by atoms with E-state index in [2.05, 4.69) is 17.7 Å². The van der Waals surface area contributed by atoms with Crippen LogP contribution in [0, 0.1) is 11.3 Å². The molecule has 1 rings (SSSR count). The number of carbonyl (C=O) groups is 1. The van der Waals surface area contributed by atoms with Crippen LogP contribution in [0.25, 0.3) is 0 Å². The van der Waals surface area contributed by atoms with E-state index in [1.807, 2.05) is 9.90 Å². The Labute approximate surface area is 91.3 Å². The zero-order valence-corrected chi connectivity index (χ0v) is 11.6. The maximum absolute atomic E-state index is 10.9. The summed E-state index contributed by atoms with van der Waals surface area (Å²) in [6, 6.07) is 2.02. The summed E-state index contributed by atoms with van der Waals surface area (Å²) in [5.74, 6) is -0.883. The van der Waals surface area contributed by atoms with Crippen LogP contribution in [0.2, 0.25) is 3.67 Å². The van der Waals surface area contributed by atoms with Crippen molar-refractivity contribution < 1.29 is 9.90 Å². The van der Waals surface area contributed by atoms with E-state index in [9.17, 15) is 4.79 Å². The van der Waals surface area contributed by atoms with Gasteiger partial charge in [0.05, 0.1) is 0 Å². The fraction of sp³-hybridized carbons (Fsp3) is 0.400. The third kappa shape index (κ3) is 2.42. The van der Waals surface area contributed by atoms with E-state index < -0.39 is 27.4 Å². The first-order chi connectivity index (χ1) is 6.56. The molecule has 1 N–H and O–H groups in total. The van der Waals surface area contributed by atoms with Crippen molar-refractivity contribution >= 4 is 27.4 Å². The number of carboxylic acid groups (broad SMARTS) is 1. The van der Waals surface area contributed by atoms with Crippen molar-refractivity contribution in [3.05, 3.63) is 18.8 Å². The molecule has 0 aliphatic carbocycles. The van der Waals surface area contributed by atoms with Crippen molar-refractivity contribution in [2.75, 3.05) is 0 Å². The quantitative estimate of drug-likeness (QED) is 0.863. The number of nitrogens with zero attached hydrogens (tertiary/aromatic N) is 1. The van der Waals surface area contributed by atoms with Gasteiger partial charge in [0.15, 0.2) is 0 Å². The van der Waals surface area contributed by atoms with Crippen LogP contribution in [0.4, 0.5) is 0 Å². The van der Waals surface area contributed by atoms with Crippen molar-refractivity contribution in [2.24, 2.45) is 0 Å². The zero-order valence-electron chi connectivity index (χ0n) is 8.32. The molecule has 72 valence electrons. The Hall–Kier alpha value is -0.690. The topological polar surface area (TPSA) is 61.1 Å². The summed E-state index contributed by atoms with van der Waals surface area (Å²) in [5, 5.41) is 17.5. The van der Waals surface area contributed by atoms with Gasteiger partial charge < -0.3 is 0 Å². The second-order valence-electron chi connectivity index (χ2n) is 3.73. The van der Waals surface area contributed by atoms with Crippen molar-refractivity contribution in [3.63, 3.8) is 0 Å². The number of aliphatic carboxylic acids is 1. The fourth-order valence-corrected chi connectivity index (χ4v) is 8.27. The van der Waals surface area contributed by atoms with E-state index in [1.54, 1.807) is 0 Å². The van der Waals surface area contributed by atoms with Crippen molar-refractivity contribution in [2.45, 2.75) is 23.9 Å². The second-order valence-corrected chi connectivity index (χ2v) is 12.7. The van der Waals surface area contributed by atoms with Gasteiger partial charge in [-0.1, -0.05) is 0 Å². The molecule has 0 bridgehead atoms. The molecule has 4 heteroatoms. The minimum absolute atomic E-state index is 0.234. The van der Waals surface area contributed by atoms with Crippen LogP contribution in [0.5, 0.6) is 0 Å². The van der Waals surface area contributed by atoms with Gasteiger partial charge in [-0.25, -0.2) is 0 Å². The van der Waals surface area contributed by atoms with E-state index >= 15 is 0 Å². The zero-order chi connectivity index (χ0) is 10.7. The molecule has 0 aromatic carbocycles. The van der Waals surface area contributed by atoms with Gasteiger partial charge in [0, 0.05) is 0 Å². The number of hydrogen-bond donors (Lipinski definition) is 1. The molecule has 0 amide bonds. The summed E-state index contributed by atoms with van der Waals surface area (Å²) >= 11 is -1.92. The second kappa shape index (κ2) is 4.70. The Morgan fingerprint density at radius 2 is 2.29 bits per heavy atom. The molecule has 0 saturated heterocycles. The van der Waals surface area contributed by atoms with Crippen molar-refractivity contribution in [1.82, 2.24) is 0 Å². The van der Waals surface area contributed by atoms with E-state index in [1.165, 1.54) is 0 Å². The Bertz CT molecular complexity index is 350. The summed E-state index contributed by atoms with van der Waals surface area (Å²) in [6.45, 7) is 4.26. The molecule has 0 atom stereocenters. The van der Waals surface area contributed by atoms with E-state index in [-0.39, 0.29) is 6.42 Å². The predicted octanol–water partition coefficient (Wildman–Crippen LogP) is 1.83. The van der Waals surface area contributed by atoms with Gasteiger partial charge in [-0.05, 0) is 0 Å². The maximum atomic E-state index is 10.9. The third-order valence-electron chi connectivity index (χ3n) is 2.37. The number of hydrogen-bond acceptors (Lipinski definition) is 2. The standard InChI is InChI=1S/C7H5NO2.C3H7.In/c1-5(3-4-8)6(2)7(9)10;1-3-2;/h1-2H,3H2,(H,9,10);3H,1-2H3;. The first-order valence-corrected chi connectivity index (χ1v) is 10.3. The molecule has 1 aliphatic rings. The van der Waals surface area contributed by atoms with Gasteiger partial charge in [-0.3, -0.25) is 0 Å². The Morgan fingerprint density at radius 1 is 1.64 bits per heavy atom. The molecular weight excluding hydrogens is 281 g/mol. The summed E-state index contributed by atoms with van der Waals surface area (Å²) in [5.41, 5.74) is 1.13. The van der Waals surface area contributed by atoms with E-state index in [0.29, 0.717) is 9.25 Å². The summed E-state index contributed by atoms with van der Waals surface area (Å²) < 4.78 is 4.63. The molecule has 3 nitrogen and oxygen atoms in total. The van der Waals surface area contributed by atoms with Crippen molar-refractivity contribution in [3.8, 4) is 6.07 Å². The van der Waals surface area contributed by atoms with Crippen LogP contribution in [-0.4, -0.2) is 32.5 Å². The van der Waals surface area contributed by atoms with Crippen LogP contribution in [0.1, 0.15) is 20.3 Å². The Balaban J connectivity index is 2.94. The van der Waals surface area contributed by atoms with Gasteiger partial charge in [0.2, 0.25) is 0 Å². The molecular formula is C10H12InNO2. The van der Waals surface area contributed by atoms with Gasteiger partial charge >= 0.3 is 91.4 Å². The first kappa shape index (κ1) is 11.4. The van der Waals surface area contributed by atoms with Crippen LogP contribution in [-0.2, 0) is 4.79 Å². The van der Waals surface area contributed by atoms with E-state index in [4.69, 9.17) is 10.4 Å². The SMILES string of the molecule is C[CH](C)[In]1[CH]=C(CC#N)C(C(=O)O)=[CH]1. The van der Waals surface area contributed by atoms with Gasteiger partial charge in [0.25, 0.3) is 0 Å². The molecule has 0 fully saturated rings. The summed E-state index contributed by atoms with van der Waals surface area (Å²) in [4.78, 5) is 10.9. The summed E-state index contributed by atoms with van der Waals surface area (Å²) in [6.07, 6.45) is 0.234. The molecule has 1 heterocycles. The third-order valence-corrected chi connectivity index (χ3v) is 11.1. The van der Waals surface area contributed by atoms with Gasteiger partial charge in [-0.2, -0.15) is 0 Å². The fourth-order valence-electron chi connectivity index (χ4n) is 1.50.